The van der Waals surface area contributed by atoms with Crippen molar-refractivity contribution < 1.29 is 14.0 Å². The summed E-state index contributed by atoms with van der Waals surface area (Å²) in [5.41, 5.74) is 3.72. The lowest BCUT2D eigenvalue weighted by molar-refractivity contribution is -0.141. The summed E-state index contributed by atoms with van der Waals surface area (Å²) < 4.78 is 13.5. The van der Waals surface area contributed by atoms with E-state index in [0.29, 0.717) is 6.42 Å². The summed E-state index contributed by atoms with van der Waals surface area (Å²) in [6, 6.07) is 22.9. The van der Waals surface area contributed by atoms with Crippen molar-refractivity contribution in [1.82, 2.24) is 10.2 Å². The quantitative estimate of drug-likeness (QED) is 0.450. The van der Waals surface area contributed by atoms with Gasteiger partial charge in [0.25, 0.3) is 0 Å². The second-order valence-corrected chi connectivity index (χ2v) is 8.84. The molecule has 2 atom stereocenters. The third-order valence-corrected chi connectivity index (χ3v) is 5.98. The van der Waals surface area contributed by atoms with E-state index < -0.39 is 6.04 Å². The zero-order valence-electron chi connectivity index (χ0n) is 20.1. The predicted octanol–water partition coefficient (Wildman–Crippen LogP) is 5.23. The van der Waals surface area contributed by atoms with Crippen LogP contribution >= 0.6 is 0 Å². The van der Waals surface area contributed by atoms with Crippen molar-refractivity contribution in [3.05, 3.63) is 107 Å². The number of halogens is 1. The first-order valence-electron chi connectivity index (χ1n) is 11.8. The number of nitrogens with zero attached hydrogens (tertiary/aromatic N) is 1. The van der Waals surface area contributed by atoms with Gasteiger partial charge in [0.05, 0.1) is 6.42 Å². The lowest BCUT2D eigenvalue weighted by Gasteiger charge is -2.32. The number of hydrogen-bond donors (Lipinski definition) is 1. The largest absolute Gasteiger partial charge is 0.352 e. The van der Waals surface area contributed by atoms with Gasteiger partial charge in [0.1, 0.15) is 11.9 Å². The monoisotopic (exact) mass is 460 g/mol. The lowest BCUT2D eigenvalue weighted by atomic mass is 10.0. The number of rotatable bonds is 10. The van der Waals surface area contributed by atoms with E-state index in [4.69, 9.17) is 0 Å². The van der Waals surface area contributed by atoms with Crippen molar-refractivity contribution in [3.63, 3.8) is 0 Å². The Morgan fingerprint density at radius 1 is 0.912 bits per heavy atom. The molecule has 3 rings (SSSR count). The summed E-state index contributed by atoms with van der Waals surface area (Å²) in [5, 5.41) is 3.06. The lowest BCUT2D eigenvalue weighted by Crippen LogP contribution is -2.52. The van der Waals surface area contributed by atoms with E-state index in [1.807, 2.05) is 75.4 Å². The minimum Gasteiger partial charge on any atom is -0.352 e. The van der Waals surface area contributed by atoms with Crippen LogP contribution in [0.4, 0.5) is 4.39 Å². The SMILES string of the molecule is CCC(C)NC(=O)C(Cc1ccccc1)N(Cc1ccc(F)cc1)C(=O)Cc1cccc(C)c1. The van der Waals surface area contributed by atoms with Crippen molar-refractivity contribution >= 4 is 11.8 Å². The average Bonchev–Trinajstić information content (AvgIpc) is 2.83. The van der Waals surface area contributed by atoms with Crippen molar-refractivity contribution in [1.29, 1.82) is 0 Å². The van der Waals surface area contributed by atoms with E-state index >= 15 is 0 Å². The normalized spacial score (nSPS) is 12.6. The van der Waals surface area contributed by atoms with E-state index in [9.17, 15) is 14.0 Å². The van der Waals surface area contributed by atoms with Gasteiger partial charge in [0, 0.05) is 19.0 Å². The van der Waals surface area contributed by atoms with Gasteiger partial charge in [-0.25, -0.2) is 4.39 Å². The number of nitrogens with one attached hydrogen (secondary N) is 1. The Hall–Kier alpha value is -3.47. The average molecular weight is 461 g/mol. The topological polar surface area (TPSA) is 49.4 Å². The number of aryl methyl sites for hydroxylation is 1. The molecule has 0 saturated heterocycles. The zero-order valence-corrected chi connectivity index (χ0v) is 20.1. The van der Waals surface area contributed by atoms with Gasteiger partial charge in [0.15, 0.2) is 0 Å². The van der Waals surface area contributed by atoms with E-state index in [1.165, 1.54) is 12.1 Å². The van der Waals surface area contributed by atoms with Crippen LogP contribution in [-0.2, 0) is 29.0 Å². The third-order valence-electron chi connectivity index (χ3n) is 5.98. The van der Waals surface area contributed by atoms with Gasteiger partial charge < -0.3 is 10.2 Å². The fourth-order valence-corrected chi connectivity index (χ4v) is 3.88. The fraction of sp³-hybridized carbons (Fsp3) is 0.310. The summed E-state index contributed by atoms with van der Waals surface area (Å²) in [7, 11) is 0. The molecule has 5 heteroatoms. The van der Waals surface area contributed by atoms with Crippen molar-refractivity contribution in [2.24, 2.45) is 0 Å². The van der Waals surface area contributed by atoms with Crippen LogP contribution in [0.25, 0.3) is 0 Å². The molecule has 0 radical (unpaired) electrons. The molecule has 3 aromatic carbocycles. The second kappa shape index (κ2) is 12.1. The summed E-state index contributed by atoms with van der Waals surface area (Å²) in [5.74, 6) is -0.662. The number of hydrogen-bond acceptors (Lipinski definition) is 2. The van der Waals surface area contributed by atoms with Gasteiger partial charge in [-0.1, -0.05) is 79.2 Å². The maximum Gasteiger partial charge on any atom is 0.243 e. The Morgan fingerprint density at radius 2 is 1.59 bits per heavy atom. The molecule has 34 heavy (non-hydrogen) atoms. The summed E-state index contributed by atoms with van der Waals surface area (Å²) in [6.45, 7) is 6.17. The van der Waals surface area contributed by atoms with E-state index in [1.54, 1.807) is 17.0 Å². The first-order valence-corrected chi connectivity index (χ1v) is 11.8. The van der Waals surface area contributed by atoms with Crippen LogP contribution in [-0.4, -0.2) is 28.8 Å². The van der Waals surface area contributed by atoms with E-state index in [2.05, 4.69) is 5.32 Å². The molecule has 2 unspecified atom stereocenters. The summed E-state index contributed by atoms with van der Waals surface area (Å²) in [4.78, 5) is 28.7. The van der Waals surface area contributed by atoms with E-state index in [-0.39, 0.29) is 36.6 Å². The third kappa shape index (κ3) is 7.27. The van der Waals surface area contributed by atoms with Crippen LogP contribution in [0.2, 0.25) is 0 Å². The number of benzene rings is 3. The fourth-order valence-electron chi connectivity index (χ4n) is 3.88. The van der Waals surface area contributed by atoms with Crippen LogP contribution in [0.5, 0.6) is 0 Å². The molecule has 0 aliphatic heterocycles. The molecule has 0 saturated carbocycles. The van der Waals surface area contributed by atoms with Gasteiger partial charge in [0.2, 0.25) is 11.8 Å². The Balaban J connectivity index is 1.96. The summed E-state index contributed by atoms with van der Waals surface area (Å²) >= 11 is 0. The molecule has 4 nitrogen and oxygen atoms in total. The molecule has 2 amide bonds. The van der Waals surface area contributed by atoms with Crippen LogP contribution in [0.15, 0.2) is 78.9 Å². The smallest absolute Gasteiger partial charge is 0.243 e. The molecule has 0 aliphatic rings. The van der Waals surface area contributed by atoms with Gasteiger partial charge >= 0.3 is 0 Å². The highest BCUT2D eigenvalue weighted by atomic mass is 19.1. The molecule has 0 aliphatic carbocycles. The first kappa shape index (κ1) is 25.2. The van der Waals surface area contributed by atoms with Crippen LogP contribution in [0.1, 0.15) is 42.5 Å². The number of carbonyl (C=O) groups is 2. The minimum atomic E-state index is -0.696. The molecule has 0 aromatic heterocycles. The Bertz CT molecular complexity index is 1080. The van der Waals surface area contributed by atoms with Gasteiger partial charge in [-0.15, -0.1) is 0 Å². The van der Waals surface area contributed by atoms with E-state index in [0.717, 1.165) is 28.7 Å². The number of amides is 2. The first-order chi connectivity index (χ1) is 16.4. The zero-order chi connectivity index (χ0) is 24.5. The highest BCUT2D eigenvalue weighted by molar-refractivity contribution is 5.89. The molecule has 0 bridgehead atoms. The molecule has 1 N–H and O–H groups in total. The molecule has 178 valence electrons. The summed E-state index contributed by atoms with van der Waals surface area (Å²) in [6.07, 6.45) is 1.37. The van der Waals surface area contributed by atoms with Crippen molar-refractivity contribution in [2.45, 2.75) is 58.7 Å². The standard InChI is InChI=1S/C29H33FN2O2/c1-4-22(3)31-29(34)27(18-23-10-6-5-7-11-23)32(20-24-13-15-26(30)16-14-24)28(33)19-25-12-8-9-21(2)17-25/h5-17,22,27H,4,18-20H2,1-3H3,(H,31,34). The Kier molecular flexibility index (Phi) is 8.97. The molecule has 0 heterocycles. The molecule has 0 fully saturated rings. The molecule has 0 spiro atoms. The Morgan fingerprint density at radius 3 is 2.24 bits per heavy atom. The highest BCUT2D eigenvalue weighted by Crippen LogP contribution is 2.18. The van der Waals surface area contributed by atoms with Crippen LogP contribution < -0.4 is 5.32 Å². The molecular formula is C29H33FN2O2. The minimum absolute atomic E-state index is 0.00896. The van der Waals surface area contributed by atoms with Gasteiger partial charge in [-0.3, -0.25) is 9.59 Å². The predicted molar refractivity (Wildman–Crippen MR) is 134 cm³/mol. The second-order valence-electron chi connectivity index (χ2n) is 8.84. The van der Waals surface area contributed by atoms with Gasteiger partial charge in [-0.05, 0) is 49.1 Å². The van der Waals surface area contributed by atoms with Crippen molar-refractivity contribution in [3.8, 4) is 0 Å². The molecular weight excluding hydrogens is 427 g/mol. The van der Waals surface area contributed by atoms with Gasteiger partial charge in [-0.2, -0.15) is 0 Å². The van der Waals surface area contributed by atoms with Crippen LogP contribution in [0.3, 0.4) is 0 Å². The molecule has 3 aromatic rings. The maximum absolute atomic E-state index is 13.7. The van der Waals surface area contributed by atoms with Crippen molar-refractivity contribution in [2.75, 3.05) is 0 Å². The highest BCUT2D eigenvalue weighted by Gasteiger charge is 2.31. The Labute approximate surface area is 201 Å². The maximum atomic E-state index is 13.7. The van der Waals surface area contributed by atoms with Crippen LogP contribution in [0, 0.1) is 12.7 Å². The number of carbonyl (C=O) groups excluding carboxylic acids is 2.